The zero-order chi connectivity index (χ0) is 26.4. The van der Waals surface area contributed by atoms with Crippen LogP contribution in [0.1, 0.15) is 25.0 Å². The number of amides is 3. The van der Waals surface area contributed by atoms with Gasteiger partial charge in [-0.05, 0) is 46.5 Å². The van der Waals surface area contributed by atoms with Gasteiger partial charge in [0.2, 0.25) is 18.2 Å². The van der Waals surface area contributed by atoms with E-state index in [0.717, 1.165) is 32.7 Å². The highest BCUT2D eigenvalue weighted by Gasteiger charge is 2.29. The molecule has 0 aliphatic rings. The van der Waals surface area contributed by atoms with Crippen LogP contribution < -0.4 is 21.7 Å². The van der Waals surface area contributed by atoms with E-state index in [1.165, 1.54) is 0 Å². The number of nitrogens with two attached hydrogens (primary N) is 1. The van der Waals surface area contributed by atoms with E-state index in [9.17, 15) is 14.4 Å². The SMILES string of the molecule is CC(C)(N)C(=O)N[C@H](Cc1ccc2ccccc2c1)C(=O)N[C@H](Cc1ccc2ccccc2c1)NC=O. The molecule has 0 spiro atoms. The van der Waals surface area contributed by atoms with E-state index in [1.54, 1.807) is 13.8 Å². The second kappa shape index (κ2) is 11.2. The van der Waals surface area contributed by atoms with E-state index >= 15 is 0 Å². The second-order valence-electron chi connectivity index (χ2n) is 9.86. The lowest BCUT2D eigenvalue weighted by atomic mass is 9.99. The van der Waals surface area contributed by atoms with Crippen LogP contribution in [-0.4, -0.2) is 36.0 Å². The Morgan fingerprint density at radius 2 is 1.30 bits per heavy atom. The van der Waals surface area contributed by atoms with E-state index in [4.69, 9.17) is 5.73 Å². The first-order valence-electron chi connectivity index (χ1n) is 12.3. The van der Waals surface area contributed by atoms with Crippen molar-refractivity contribution in [3.05, 3.63) is 96.1 Å². The third-order valence-electron chi connectivity index (χ3n) is 6.30. The van der Waals surface area contributed by atoms with Crippen molar-refractivity contribution in [2.24, 2.45) is 5.73 Å². The highest BCUT2D eigenvalue weighted by Crippen LogP contribution is 2.18. The fourth-order valence-electron chi connectivity index (χ4n) is 4.26. The van der Waals surface area contributed by atoms with Crippen LogP contribution in [0.4, 0.5) is 0 Å². The van der Waals surface area contributed by atoms with E-state index in [0.29, 0.717) is 12.8 Å². The standard InChI is InChI=1S/C30H32N4O3/c1-30(2,31)29(37)33-26(17-20-11-13-22-7-3-5-9-24(22)15-20)28(36)34-27(32-19-35)18-21-12-14-23-8-4-6-10-25(23)16-21/h3-16,19,26-27H,17-18,31H2,1-2H3,(H,32,35)(H,33,37)(H,34,36)/t26-,27-/m1/s1. The predicted molar refractivity (Wildman–Crippen MR) is 147 cm³/mol. The minimum absolute atomic E-state index is 0.266. The van der Waals surface area contributed by atoms with Crippen molar-refractivity contribution in [3.63, 3.8) is 0 Å². The number of carbonyl (C=O) groups excluding carboxylic acids is 3. The molecule has 4 aromatic rings. The highest BCUT2D eigenvalue weighted by atomic mass is 16.2. The predicted octanol–water partition coefficient (Wildman–Crippen LogP) is 3.19. The number of rotatable bonds is 10. The van der Waals surface area contributed by atoms with Gasteiger partial charge < -0.3 is 21.7 Å². The van der Waals surface area contributed by atoms with E-state index in [2.05, 4.69) is 16.0 Å². The molecule has 7 heteroatoms. The van der Waals surface area contributed by atoms with Crippen LogP contribution in [0.2, 0.25) is 0 Å². The van der Waals surface area contributed by atoms with Gasteiger partial charge in [-0.25, -0.2) is 0 Å². The molecule has 0 fully saturated rings. The van der Waals surface area contributed by atoms with Gasteiger partial charge in [-0.3, -0.25) is 14.4 Å². The minimum Gasteiger partial charge on any atom is -0.342 e. The molecule has 37 heavy (non-hydrogen) atoms. The van der Waals surface area contributed by atoms with Gasteiger partial charge in [-0.2, -0.15) is 0 Å². The molecule has 7 nitrogen and oxygen atoms in total. The van der Waals surface area contributed by atoms with Gasteiger partial charge in [0.1, 0.15) is 12.2 Å². The van der Waals surface area contributed by atoms with Gasteiger partial charge in [0, 0.05) is 12.8 Å². The summed E-state index contributed by atoms with van der Waals surface area (Å²) in [6.07, 6.45) is 0.552. The van der Waals surface area contributed by atoms with Crippen molar-refractivity contribution in [2.45, 2.75) is 44.4 Å². The molecule has 4 rings (SSSR count). The Labute approximate surface area is 216 Å². The maximum absolute atomic E-state index is 13.4. The fourth-order valence-corrected chi connectivity index (χ4v) is 4.26. The Bertz CT molecular complexity index is 1430. The average molecular weight is 497 g/mol. The van der Waals surface area contributed by atoms with Crippen LogP contribution in [0.15, 0.2) is 84.9 Å². The lowest BCUT2D eigenvalue weighted by Crippen LogP contribution is -2.59. The third kappa shape index (κ3) is 6.71. The molecule has 0 saturated carbocycles. The van der Waals surface area contributed by atoms with Crippen molar-refractivity contribution in [1.29, 1.82) is 0 Å². The molecule has 0 aromatic heterocycles. The first kappa shape index (κ1) is 25.9. The van der Waals surface area contributed by atoms with Crippen LogP contribution in [0, 0.1) is 0 Å². The number of nitrogens with one attached hydrogen (secondary N) is 3. The lowest BCUT2D eigenvalue weighted by Gasteiger charge is -2.26. The molecule has 190 valence electrons. The van der Waals surface area contributed by atoms with Gasteiger partial charge in [0.05, 0.1) is 5.54 Å². The smallest absolute Gasteiger partial charge is 0.244 e. The zero-order valence-corrected chi connectivity index (χ0v) is 21.0. The van der Waals surface area contributed by atoms with E-state index < -0.39 is 29.6 Å². The highest BCUT2D eigenvalue weighted by molar-refractivity contribution is 5.92. The average Bonchev–Trinajstić information content (AvgIpc) is 2.87. The van der Waals surface area contributed by atoms with Crippen molar-refractivity contribution >= 4 is 39.8 Å². The van der Waals surface area contributed by atoms with Crippen molar-refractivity contribution in [2.75, 3.05) is 0 Å². The van der Waals surface area contributed by atoms with Crippen LogP contribution in [-0.2, 0) is 27.2 Å². The Morgan fingerprint density at radius 3 is 1.81 bits per heavy atom. The number of hydrogen-bond acceptors (Lipinski definition) is 4. The minimum atomic E-state index is -1.16. The van der Waals surface area contributed by atoms with Gasteiger partial charge in [0.15, 0.2) is 0 Å². The van der Waals surface area contributed by atoms with E-state index in [1.807, 2.05) is 84.9 Å². The molecule has 4 aromatic carbocycles. The molecular formula is C30H32N4O3. The molecule has 0 aliphatic carbocycles. The summed E-state index contributed by atoms with van der Waals surface area (Å²) in [5, 5.41) is 12.7. The quantitative estimate of drug-likeness (QED) is 0.199. The monoisotopic (exact) mass is 496 g/mol. The van der Waals surface area contributed by atoms with Crippen molar-refractivity contribution < 1.29 is 14.4 Å². The molecule has 0 unspecified atom stereocenters. The van der Waals surface area contributed by atoms with E-state index in [-0.39, 0.29) is 6.42 Å². The number of fused-ring (bicyclic) bond motifs is 2. The summed E-state index contributed by atoms with van der Waals surface area (Å²) >= 11 is 0. The molecule has 0 heterocycles. The van der Waals surface area contributed by atoms with Gasteiger partial charge in [-0.15, -0.1) is 0 Å². The number of hydrogen-bond donors (Lipinski definition) is 4. The van der Waals surface area contributed by atoms with Crippen molar-refractivity contribution in [1.82, 2.24) is 16.0 Å². The molecule has 0 bridgehead atoms. The molecular weight excluding hydrogens is 464 g/mol. The maximum Gasteiger partial charge on any atom is 0.244 e. The first-order valence-corrected chi connectivity index (χ1v) is 12.3. The third-order valence-corrected chi connectivity index (χ3v) is 6.30. The van der Waals surface area contributed by atoms with Crippen LogP contribution >= 0.6 is 0 Å². The zero-order valence-electron chi connectivity index (χ0n) is 21.0. The Kier molecular flexibility index (Phi) is 7.84. The Morgan fingerprint density at radius 1 is 0.784 bits per heavy atom. The summed E-state index contributed by atoms with van der Waals surface area (Å²) < 4.78 is 0. The second-order valence-corrected chi connectivity index (χ2v) is 9.86. The van der Waals surface area contributed by atoms with Gasteiger partial charge >= 0.3 is 0 Å². The van der Waals surface area contributed by atoms with Gasteiger partial charge in [0.25, 0.3) is 0 Å². The normalized spacial score (nSPS) is 13.1. The van der Waals surface area contributed by atoms with Crippen LogP contribution in [0.3, 0.4) is 0 Å². The van der Waals surface area contributed by atoms with Gasteiger partial charge in [-0.1, -0.05) is 84.9 Å². The first-order chi connectivity index (χ1) is 17.7. The summed E-state index contributed by atoms with van der Waals surface area (Å²) in [7, 11) is 0. The largest absolute Gasteiger partial charge is 0.342 e. The molecule has 0 saturated heterocycles. The topological polar surface area (TPSA) is 113 Å². The summed E-state index contributed by atoms with van der Waals surface area (Å²) in [4.78, 5) is 37.5. The Hall–Kier alpha value is -4.23. The molecule has 0 aliphatic heterocycles. The summed E-state index contributed by atoms with van der Waals surface area (Å²) in [5.74, 6) is -0.853. The maximum atomic E-state index is 13.4. The lowest BCUT2D eigenvalue weighted by molar-refractivity contribution is -0.131. The fraction of sp³-hybridized carbons (Fsp3) is 0.233. The number of carbonyl (C=O) groups is 3. The molecule has 0 radical (unpaired) electrons. The summed E-state index contributed by atoms with van der Waals surface area (Å²) in [6, 6.07) is 27.0. The summed E-state index contributed by atoms with van der Waals surface area (Å²) in [5.41, 5.74) is 6.68. The number of benzene rings is 4. The molecule has 3 amide bonds. The Balaban J connectivity index is 1.54. The van der Waals surface area contributed by atoms with Crippen LogP contribution in [0.25, 0.3) is 21.5 Å². The van der Waals surface area contributed by atoms with Crippen LogP contribution in [0.5, 0.6) is 0 Å². The molecule has 5 N–H and O–H groups in total. The molecule has 2 atom stereocenters. The summed E-state index contributed by atoms with van der Waals surface area (Å²) in [6.45, 7) is 3.17. The van der Waals surface area contributed by atoms with Crippen molar-refractivity contribution in [3.8, 4) is 0 Å².